The van der Waals surface area contributed by atoms with Gasteiger partial charge < -0.3 is 10.2 Å². The Bertz CT molecular complexity index is 513. The van der Waals surface area contributed by atoms with Crippen molar-refractivity contribution >= 4 is 5.91 Å². The maximum atomic E-state index is 11.7. The lowest BCUT2D eigenvalue weighted by molar-refractivity contribution is -0.121. The molecule has 132 valence electrons. The molecule has 2 rings (SSSR count). The van der Waals surface area contributed by atoms with Crippen LogP contribution in [0.1, 0.15) is 68.9 Å². The summed E-state index contributed by atoms with van der Waals surface area (Å²) in [6.07, 6.45) is 13.3. The standard InChI is InChI=1S/C21H32N2O/c1-3-4-15-23(17-21(24)22-2)16-18-11-13-20(14-12-18)19-9-7-5-6-8-10-19/h4,11-15,19H,3,5-10,16-17H2,1-2H3,(H,22,24)/b15-4+. The van der Waals surface area contributed by atoms with Crippen molar-refractivity contribution in [2.75, 3.05) is 13.6 Å². The molecular weight excluding hydrogens is 296 g/mol. The van der Waals surface area contributed by atoms with Crippen LogP contribution >= 0.6 is 0 Å². The fraction of sp³-hybridized carbons (Fsp3) is 0.571. The summed E-state index contributed by atoms with van der Waals surface area (Å²) in [5.41, 5.74) is 2.75. The van der Waals surface area contributed by atoms with E-state index < -0.39 is 0 Å². The van der Waals surface area contributed by atoms with Gasteiger partial charge in [-0.3, -0.25) is 4.79 Å². The number of carbonyl (C=O) groups excluding carboxylic acids is 1. The minimum atomic E-state index is 0.0471. The summed E-state index contributed by atoms with van der Waals surface area (Å²) in [5.74, 6) is 0.786. The number of benzene rings is 1. The Hall–Kier alpha value is -1.77. The quantitative estimate of drug-likeness (QED) is 0.742. The molecule has 3 nitrogen and oxygen atoms in total. The molecule has 0 aliphatic heterocycles. The minimum Gasteiger partial charge on any atom is -0.364 e. The van der Waals surface area contributed by atoms with Crippen LogP contribution in [0.5, 0.6) is 0 Å². The normalized spacial score (nSPS) is 16.1. The number of rotatable bonds is 7. The van der Waals surface area contributed by atoms with Gasteiger partial charge in [-0.2, -0.15) is 0 Å². The third-order valence-electron chi connectivity index (χ3n) is 4.87. The lowest BCUT2D eigenvalue weighted by Crippen LogP contribution is -2.32. The van der Waals surface area contributed by atoms with Gasteiger partial charge in [0.2, 0.25) is 5.91 Å². The van der Waals surface area contributed by atoms with E-state index in [0.717, 1.165) is 18.9 Å². The molecule has 1 aromatic carbocycles. The molecule has 1 aliphatic rings. The Labute approximate surface area is 147 Å². The third-order valence-corrected chi connectivity index (χ3v) is 4.87. The van der Waals surface area contributed by atoms with Crippen molar-refractivity contribution in [1.29, 1.82) is 0 Å². The predicted molar refractivity (Wildman–Crippen MR) is 101 cm³/mol. The van der Waals surface area contributed by atoms with Gasteiger partial charge in [0.1, 0.15) is 0 Å². The number of likely N-dealkylation sites (N-methyl/N-ethyl adjacent to an activating group) is 1. The Morgan fingerprint density at radius 2 is 1.83 bits per heavy atom. The molecule has 0 heterocycles. The van der Waals surface area contributed by atoms with E-state index in [-0.39, 0.29) is 5.91 Å². The second-order valence-electron chi connectivity index (χ2n) is 6.80. The van der Waals surface area contributed by atoms with Crippen molar-refractivity contribution in [3.05, 3.63) is 47.7 Å². The molecule has 24 heavy (non-hydrogen) atoms. The van der Waals surface area contributed by atoms with Gasteiger partial charge in [0.05, 0.1) is 6.54 Å². The third kappa shape index (κ3) is 6.03. The molecule has 1 aliphatic carbocycles. The molecule has 0 spiro atoms. The van der Waals surface area contributed by atoms with Gasteiger partial charge in [-0.15, -0.1) is 0 Å². The zero-order valence-electron chi connectivity index (χ0n) is 15.3. The van der Waals surface area contributed by atoms with Crippen LogP contribution in [0.3, 0.4) is 0 Å². The second-order valence-corrected chi connectivity index (χ2v) is 6.80. The highest BCUT2D eigenvalue weighted by Gasteiger charge is 2.14. The monoisotopic (exact) mass is 328 g/mol. The van der Waals surface area contributed by atoms with Crippen LogP contribution in [0.15, 0.2) is 36.5 Å². The summed E-state index contributed by atoms with van der Waals surface area (Å²) in [7, 11) is 1.69. The van der Waals surface area contributed by atoms with Crippen LogP contribution in [-0.2, 0) is 11.3 Å². The molecule has 1 N–H and O–H groups in total. The average molecular weight is 329 g/mol. The van der Waals surface area contributed by atoms with Crippen molar-refractivity contribution in [3.8, 4) is 0 Å². The summed E-state index contributed by atoms with van der Waals surface area (Å²) in [5, 5.41) is 2.70. The van der Waals surface area contributed by atoms with E-state index in [0.29, 0.717) is 6.54 Å². The lowest BCUT2D eigenvalue weighted by atomic mass is 9.91. The van der Waals surface area contributed by atoms with Gasteiger partial charge in [-0.1, -0.05) is 62.9 Å². The van der Waals surface area contributed by atoms with Crippen LogP contribution in [0.2, 0.25) is 0 Å². The highest BCUT2D eigenvalue weighted by molar-refractivity contribution is 5.77. The van der Waals surface area contributed by atoms with E-state index in [4.69, 9.17) is 0 Å². The Kier molecular flexibility index (Phi) is 7.87. The molecule has 0 saturated heterocycles. The number of allylic oxidation sites excluding steroid dienone is 1. The average Bonchev–Trinajstić information content (AvgIpc) is 2.89. The van der Waals surface area contributed by atoms with Crippen LogP contribution in [-0.4, -0.2) is 24.4 Å². The summed E-state index contributed by atoms with van der Waals surface area (Å²) >= 11 is 0. The van der Waals surface area contributed by atoms with Gasteiger partial charge in [0, 0.05) is 13.6 Å². The molecular formula is C21H32N2O. The van der Waals surface area contributed by atoms with Gasteiger partial charge in [-0.05, 0) is 42.5 Å². The number of carbonyl (C=O) groups is 1. The highest BCUT2D eigenvalue weighted by Crippen LogP contribution is 2.31. The largest absolute Gasteiger partial charge is 0.364 e. The first-order valence-electron chi connectivity index (χ1n) is 9.43. The molecule has 0 aromatic heterocycles. The molecule has 0 bridgehead atoms. The number of amides is 1. The topological polar surface area (TPSA) is 32.3 Å². The Balaban J connectivity index is 1.99. The van der Waals surface area contributed by atoms with Crippen LogP contribution in [0.25, 0.3) is 0 Å². The molecule has 1 saturated carbocycles. The maximum Gasteiger partial charge on any atom is 0.239 e. The van der Waals surface area contributed by atoms with E-state index in [9.17, 15) is 4.79 Å². The lowest BCUT2D eigenvalue weighted by Gasteiger charge is -2.20. The minimum absolute atomic E-state index is 0.0471. The Morgan fingerprint density at radius 1 is 1.17 bits per heavy atom. The van der Waals surface area contributed by atoms with Gasteiger partial charge in [0.25, 0.3) is 0 Å². The summed E-state index contributed by atoms with van der Waals surface area (Å²) < 4.78 is 0. The van der Waals surface area contributed by atoms with E-state index >= 15 is 0 Å². The zero-order valence-corrected chi connectivity index (χ0v) is 15.3. The fourth-order valence-electron chi connectivity index (χ4n) is 3.42. The smallest absolute Gasteiger partial charge is 0.239 e. The summed E-state index contributed by atoms with van der Waals surface area (Å²) in [6.45, 7) is 3.28. The van der Waals surface area contributed by atoms with Crippen molar-refractivity contribution < 1.29 is 4.79 Å². The molecule has 1 fully saturated rings. The first-order valence-corrected chi connectivity index (χ1v) is 9.43. The van der Waals surface area contributed by atoms with E-state index in [1.165, 1.54) is 49.7 Å². The first-order chi connectivity index (χ1) is 11.7. The van der Waals surface area contributed by atoms with Gasteiger partial charge in [0.15, 0.2) is 0 Å². The SMILES string of the molecule is CC/C=C/N(CC(=O)NC)Cc1ccc(C2CCCCCC2)cc1. The van der Waals surface area contributed by atoms with Crippen molar-refractivity contribution in [3.63, 3.8) is 0 Å². The molecule has 3 heteroatoms. The number of nitrogens with zero attached hydrogens (tertiary/aromatic N) is 1. The highest BCUT2D eigenvalue weighted by atomic mass is 16.1. The van der Waals surface area contributed by atoms with Crippen molar-refractivity contribution in [2.45, 2.75) is 64.3 Å². The second kappa shape index (κ2) is 10.2. The maximum absolute atomic E-state index is 11.7. The van der Waals surface area contributed by atoms with Gasteiger partial charge >= 0.3 is 0 Å². The van der Waals surface area contributed by atoms with E-state index in [1.807, 2.05) is 6.20 Å². The molecule has 0 unspecified atom stereocenters. The van der Waals surface area contributed by atoms with Crippen LogP contribution in [0, 0.1) is 0 Å². The Morgan fingerprint density at radius 3 is 2.42 bits per heavy atom. The first kappa shape index (κ1) is 18.6. The number of hydrogen-bond donors (Lipinski definition) is 1. The van der Waals surface area contributed by atoms with Gasteiger partial charge in [-0.25, -0.2) is 0 Å². The molecule has 1 amide bonds. The molecule has 1 aromatic rings. The molecule has 0 atom stereocenters. The van der Waals surface area contributed by atoms with Crippen molar-refractivity contribution in [2.24, 2.45) is 0 Å². The predicted octanol–water partition coefficient (Wildman–Crippen LogP) is 4.60. The number of hydrogen-bond acceptors (Lipinski definition) is 2. The van der Waals surface area contributed by atoms with E-state index in [1.54, 1.807) is 7.05 Å². The van der Waals surface area contributed by atoms with E-state index in [2.05, 4.69) is 47.5 Å². The summed E-state index contributed by atoms with van der Waals surface area (Å²) in [6, 6.07) is 9.06. The molecule has 0 radical (unpaired) electrons. The van der Waals surface area contributed by atoms with Crippen LogP contribution < -0.4 is 5.32 Å². The fourth-order valence-corrected chi connectivity index (χ4v) is 3.42. The summed E-state index contributed by atoms with van der Waals surface area (Å²) in [4.78, 5) is 13.8. The zero-order chi connectivity index (χ0) is 17.2. The van der Waals surface area contributed by atoms with Crippen LogP contribution in [0.4, 0.5) is 0 Å². The number of nitrogens with one attached hydrogen (secondary N) is 1. The van der Waals surface area contributed by atoms with Crippen molar-refractivity contribution in [1.82, 2.24) is 10.2 Å².